The largest absolute Gasteiger partial charge is 0.416 e. The number of halogens is 5. The summed E-state index contributed by atoms with van der Waals surface area (Å²) >= 11 is 0. The van der Waals surface area contributed by atoms with Crippen LogP contribution < -0.4 is 4.90 Å². The fraction of sp³-hybridized carbons (Fsp3) is 0.211. The van der Waals surface area contributed by atoms with E-state index in [4.69, 9.17) is 4.52 Å². The van der Waals surface area contributed by atoms with Crippen LogP contribution in [0.1, 0.15) is 23.8 Å². The first-order chi connectivity index (χ1) is 13.7. The van der Waals surface area contributed by atoms with Gasteiger partial charge < -0.3 is 9.42 Å². The van der Waals surface area contributed by atoms with Gasteiger partial charge >= 0.3 is 6.18 Å². The van der Waals surface area contributed by atoms with Gasteiger partial charge in [-0.25, -0.2) is 8.78 Å². The second kappa shape index (κ2) is 6.94. The molecule has 0 bridgehead atoms. The maximum absolute atomic E-state index is 14.0. The summed E-state index contributed by atoms with van der Waals surface area (Å²) in [4.78, 5) is 17.6. The summed E-state index contributed by atoms with van der Waals surface area (Å²) in [6, 6.07) is 7.16. The van der Waals surface area contributed by atoms with Gasteiger partial charge in [0.1, 0.15) is 11.6 Å². The average molecular weight is 409 g/mol. The summed E-state index contributed by atoms with van der Waals surface area (Å²) in [5, 5.41) is 3.75. The molecule has 1 aromatic heterocycles. The van der Waals surface area contributed by atoms with E-state index < -0.39 is 35.2 Å². The monoisotopic (exact) mass is 409 g/mol. The van der Waals surface area contributed by atoms with Crippen molar-refractivity contribution in [3.05, 3.63) is 65.6 Å². The summed E-state index contributed by atoms with van der Waals surface area (Å²) in [6.45, 7) is 0.0516. The molecule has 150 valence electrons. The zero-order valence-electron chi connectivity index (χ0n) is 14.6. The molecule has 10 heteroatoms. The molecule has 2 heterocycles. The van der Waals surface area contributed by atoms with Gasteiger partial charge in [0, 0.05) is 24.6 Å². The van der Waals surface area contributed by atoms with E-state index in [0.717, 1.165) is 18.2 Å². The number of nitrogens with zero attached hydrogens (tertiary/aromatic N) is 3. The SMILES string of the molecule is O=C1CC(c2nc(-c3ccc(C(F)(F)F)cc3)no2)CN1c1ccc(F)cc1F. The highest BCUT2D eigenvalue weighted by molar-refractivity contribution is 5.96. The van der Waals surface area contributed by atoms with Crippen LogP contribution in [-0.4, -0.2) is 22.6 Å². The van der Waals surface area contributed by atoms with E-state index >= 15 is 0 Å². The highest BCUT2D eigenvalue weighted by Crippen LogP contribution is 2.34. The topological polar surface area (TPSA) is 59.2 Å². The molecule has 1 saturated heterocycles. The molecule has 1 amide bonds. The number of benzene rings is 2. The Hall–Kier alpha value is -3.30. The highest BCUT2D eigenvalue weighted by atomic mass is 19.4. The van der Waals surface area contributed by atoms with Crippen molar-refractivity contribution in [3.63, 3.8) is 0 Å². The van der Waals surface area contributed by atoms with E-state index in [1.54, 1.807) is 0 Å². The molecule has 29 heavy (non-hydrogen) atoms. The number of hydrogen-bond acceptors (Lipinski definition) is 4. The van der Waals surface area contributed by atoms with E-state index in [2.05, 4.69) is 10.1 Å². The molecule has 1 aliphatic rings. The van der Waals surface area contributed by atoms with Gasteiger partial charge in [-0.2, -0.15) is 18.2 Å². The van der Waals surface area contributed by atoms with Crippen molar-refractivity contribution in [2.75, 3.05) is 11.4 Å². The molecule has 4 rings (SSSR count). The van der Waals surface area contributed by atoms with Crippen LogP contribution in [0.5, 0.6) is 0 Å². The quantitative estimate of drug-likeness (QED) is 0.596. The Morgan fingerprint density at radius 1 is 1.07 bits per heavy atom. The number of carbonyl (C=O) groups excluding carboxylic acids is 1. The van der Waals surface area contributed by atoms with E-state index in [9.17, 15) is 26.7 Å². The lowest BCUT2D eigenvalue weighted by Crippen LogP contribution is -2.25. The molecule has 1 atom stereocenters. The number of anilines is 1. The second-order valence-corrected chi connectivity index (χ2v) is 6.53. The van der Waals surface area contributed by atoms with Crippen LogP contribution >= 0.6 is 0 Å². The van der Waals surface area contributed by atoms with Gasteiger partial charge in [0.15, 0.2) is 0 Å². The minimum atomic E-state index is -4.45. The van der Waals surface area contributed by atoms with E-state index in [1.807, 2.05) is 0 Å². The van der Waals surface area contributed by atoms with Crippen LogP contribution in [0.4, 0.5) is 27.6 Å². The van der Waals surface area contributed by atoms with E-state index in [1.165, 1.54) is 23.1 Å². The molecule has 1 fully saturated rings. The van der Waals surface area contributed by atoms with Crippen molar-refractivity contribution in [3.8, 4) is 11.4 Å². The van der Waals surface area contributed by atoms with Crippen LogP contribution in [0.25, 0.3) is 11.4 Å². The standard InChI is InChI=1S/C19H12F5N3O2/c20-13-5-6-15(14(21)8-13)27-9-11(7-16(27)28)18-25-17(26-29-18)10-1-3-12(4-2-10)19(22,23)24/h1-6,8,11H,7,9H2. The lowest BCUT2D eigenvalue weighted by atomic mass is 10.1. The Balaban J connectivity index is 1.53. The lowest BCUT2D eigenvalue weighted by molar-refractivity contribution is -0.137. The summed E-state index contributed by atoms with van der Waals surface area (Å²) in [6.07, 6.45) is -4.48. The zero-order chi connectivity index (χ0) is 20.8. The lowest BCUT2D eigenvalue weighted by Gasteiger charge is -2.16. The molecule has 0 N–H and O–H groups in total. The molecule has 1 unspecified atom stereocenters. The van der Waals surface area contributed by atoms with Crippen molar-refractivity contribution >= 4 is 11.6 Å². The van der Waals surface area contributed by atoms with Crippen molar-refractivity contribution in [1.29, 1.82) is 0 Å². The Labute approximate surface area is 160 Å². The van der Waals surface area contributed by atoms with Crippen molar-refractivity contribution in [2.24, 2.45) is 0 Å². The van der Waals surface area contributed by atoms with Crippen molar-refractivity contribution in [2.45, 2.75) is 18.5 Å². The van der Waals surface area contributed by atoms with Crippen molar-refractivity contribution in [1.82, 2.24) is 10.1 Å². The molecule has 0 radical (unpaired) electrons. The molecule has 0 aliphatic carbocycles. The minimum Gasteiger partial charge on any atom is -0.339 e. The number of aromatic nitrogens is 2. The van der Waals surface area contributed by atoms with Crippen LogP contribution in [0.3, 0.4) is 0 Å². The number of rotatable bonds is 3. The molecule has 0 saturated carbocycles. The Morgan fingerprint density at radius 2 is 1.79 bits per heavy atom. The minimum absolute atomic E-state index is 0.0224. The molecule has 0 spiro atoms. The Kier molecular flexibility index (Phi) is 4.56. The second-order valence-electron chi connectivity index (χ2n) is 6.53. The van der Waals surface area contributed by atoms with Crippen LogP contribution in [0, 0.1) is 11.6 Å². The molecule has 5 nitrogen and oxygen atoms in total. The summed E-state index contributed by atoms with van der Waals surface area (Å²) in [7, 11) is 0. The van der Waals surface area contributed by atoms with Gasteiger partial charge in [0.25, 0.3) is 0 Å². The maximum Gasteiger partial charge on any atom is 0.416 e. The summed E-state index contributed by atoms with van der Waals surface area (Å²) in [5.74, 6) is -2.36. The molecule has 1 aliphatic heterocycles. The fourth-order valence-corrected chi connectivity index (χ4v) is 3.13. The number of hydrogen-bond donors (Lipinski definition) is 0. The van der Waals surface area contributed by atoms with Gasteiger partial charge in [0.05, 0.1) is 17.2 Å². The normalized spacial score (nSPS) is 17.2. The number of carbonyl (C=O) groups is 1. The predicted molar refractivity (Wildman–Crippen MR) is 90.8 cm³/mol. The molecule has 3 aromatic rings. The van der Waals surface area contributed by atoms with Gasteiger partial charge in [0.2, 0.25) is 17.6 Å². The van der Waals surface area contributed by atoms with Gasteiger partial charge in [-0.3, -0.25) is 4.79 Å². The first-order valence-corrected chi connectivity index (χ1v) is 8.49. The summed E-state index contributed by atoms with van der Waals surface area (Å²) < 4.78 is 70.2. The first kappa shape index (κ1) is 19.0. The van der Waals surface area contributed by atoms with Gasteiger partial charge in [-0.05, 0) is 24.3 Å². The van der Waals surface area contributed by atoms with Gasteiger partial charge in [-0.1, -0.05) is 17.3 Å². The highest BCUT2D eigenvalue weighted by Gasteiger charge is 2.36. The third-order valence-corrected chi connectivity index (χ3v) is 4.59. The third kappa shape index (κ3) is 3.69. The van der Waals surface area contributed by atoms with Crippen LogP contribution in [0.15, 0.2) is 47.0 Å². The van der Waals surface area contributed by atoms with Crippen LogP contribution in [0.2, 0.25) is 0 Å². The van der Waals surface area contributed by atoms with Crippen LogP contribution in [-0.2, 0) is 11.0 Å². The molecular weight excluding hydrogens is 397 g/mol. The summed E-state index contributed by atoms with van der Waals surface area (Å²) in [5.41, 5.74) is -0.538. The van der Waals surface area contributed by atoms with Crippen molar-refractivity contribution < 1.29 is 31.3 Å². The Morgan fingerprint density at radius 3 is 2.45 bits per heavy atom. The van der Waals surface area contributed by atoms with E-state index in [0.29, 0.717) is 11.6 Å². The number of amides is 1. The third-order valence-electron chi connectivity index (χ3n) is 4.59. The average Bonchev–Trinajstić information content (AvgIpc) is 3.28. The molecule has 2 aromatic carbocycles. The first-order valence-electron chi connectivity index (χ1n) is 8.49. The maximum atomic E-state index is 14.0. The zero-order valence-corrected chi connectivity index (χ0v) is 14.6. The predicted octanol–water partition coefficient (Wildman–Crippen LogP) is 4.55. The molecular formula is C19H12F5N3O2. The smallest absolute Gasteiger partial charge is 0.339 e. The van der Waals surface area contributed by atoms with E-state index in [-0.39, 0.29) is 30.4 Å². The fourth-order valence-electron chi connectivity index (χ4n) is 3.13. The Bertz CT molecular complexity index is 1060. The van der Waals surface area contributed by atoms with Gasteiger partial charge in [-0.15, -0.1) is 0 Å². The number of alkyl halides is 3.